The molecule has 9 nitrogen and oxygen atoms in total. The van der Waals surface area contributed by atoms with Crippen LogP contribution in [-0.2, 0) is 19.1 Å². The molecule has 0 saturated heterocycles. The van der Waals surface area contributed by atoms with Crippen LogP contribution in [0.15, 0.2) is 42.4 Å². The third-order valence-corrected chi connectivity index (χ3v) is 6.66. The quantitative estimate of drug-likeness (QED) is 0.457. The van der Waals surface area contributed by atoms with Gasteiger partial charge in [-0.1, -0.05) is 0 Å². The van der Waals surface area contributed by atoms with Gasteiger partial charge in [-0.3, -0.25) is 14.6 Å². The lowest BCUT2D eigenvalue weighted by Crippen LogP contribution is -2.35. The van der Waals surface area contributed by atoms with Crippen molar-refractivity contribution in [2.75, 3.05) is 19.0 Å². The Balaban J connectivity index is 1.34. The second kappa shape index (κ2) is 8.65. The van der Waals surface area contributed by atoms with Crippen LogP contribution in [0.3, 0.4) is 0 Å². The molecule has 1 aliphatic heterocycles. The van der Waals surface area contributed by atoms with Gasteiger partial charge in [-0.2, -0.15) is 18.3 Å². The molecule has 1 N–H and O–H groups in total. The summed E-state index contributed by atoms with van der Waals surface area (Å²) < 4.78 is 46.1. The molecule has 0 unspecified atom stereocenters. The number of amides is 2. The van der Waals surface area contributed by atoms with Crippen molar-refractivity contribution in [3.05, 3.63) is 69.6 Å². The number of anilines is 1. The van der Waals surface area contributed by atoms with Gasteiger partial charge in [0.05, 0.1) is 54.6 Å². The number of carbonyl (C=O) groups is 2. The largest absolute Gasteiger partial charge is 0.481 e. The number of hydrogen-bond donors (Lipinski definition) is 1. The van der Waals surface area contributed by atoms with Crippen molar-refractivity contribution in [3.63, 3.8) is 0 Å². The Morgan fingerprint density at radius 1 is 1.20 bits per heavy atom. The Labute approximate surface area is 200 Å². The minimum atomic E-state index is -4.69. The van der Waals surface area contributed by atoms with Crippen LogP contribution >= 0.6 is 11.3 Å². The number of aromatic nitrogens is 4. The number of rotatable bonds is 4. The normalized spacial score (nSPS) is 13.5. The summed E-state index contributed by atoms with van der Waals surface area (Å²) in [6, 6.07) is 0.786. The molecule has 5 rings (SSSR count). The van der Waals surface area contributed by atoms with Crippen LogP contribution in [0, 0.1) is 0 Å². The SMILES string of the molecule is COc1ncc(NC(=O)c2csc3c2CCN(C(=O)c2cnn4ccncc24)C3)cc1C(F)(F)F. The Hall–Kier alpha value is -4.00. The van der Waals surface area contributed by atoms with Gasteiger partial charge in [0.1, 0.15) is 5.56 Å². The van der Waals surface area contributed by atoms with E-state index >= 15 is 0 Å². The third kappa shape index (κ3) is 4.18. The highest BCUT2D eigenvalue weighted by atomic mass is 32.1. The second-order valence-corrected chi connectivity index (χ2v) is 8.69. The molecule has 4 aromatic heterocycles. The van der Waals surface area contributed by atoms with Gasteiger partial charge in [0.2, 0.25) is 5.88 Å². The molecule has 0 aromatic carbocycles. The number of methoxy groups -OCH3 is 1. The average Bonchev–Trinajstić information content (AvgIpc) is 3.47. The summed E-state index contributed by atoms with van der Waals surface area (Å²) in [7, 11) is 1.09. The van der Waals surface area contributed by atoms with E-state index in [1.807, 2.05) is 0 Å². The highest BCUT2D eigenvalue weighted by Crippen LogP contribution is 2.36. The number of nitrogens with one attached hydrogen (secondary N) is 1. The molecule has 2 amide bonds. The molecule has 1 aliphatic rings. The van der Waals surface area contributed by atoms with Crippen molar-refractivity contribution in [1.82, 2.24) is 24.5 Å². The number of thiophene rings is 1. The van der Waals surface area contributed by atoms with E-state index in [2.05, 4.69) is 25.1 Å². The summed E-state index contributed by atoms with van der Waals surface area (Å²) in [5.74, 6) is -1.31. The highest BCUT2D eigenvalue weighted by Gasteiger charge is 2.36. The predicted octanol–water partition coefficient (Wildman–Crippen LogP) is 3.66. The predicted molar refractivity (Wildman–Crippen MR) is 119 cm³/mol. The lowest BCUT2D eigenvalue weighted by atomic mass is 10.0. The van der Waals surface area contributed by atoms with Gasteiger partial charge >= 0.3 is 6.18 Å². The summed E-state index contributed by atoms with van der Waals surface area (Å²) in [4.78, 5) is 36.2. The number of carbonyl (C=O) groups excluding carboxylic acids is 2. The van der Waals surface area contributed by atoms with E-state index in [-0.39, 0.29) is 11.6 Å². The smallest absolute Gasteiger partial charge is 0.421 e. The van der Waals surface area contributed by atoms with Crippen LogP contribution in [0.2, 0.25) is 0 Å². The average molecular weight is 502 g/mol. The molecule has 0 bridgehead atoms. The van der Waals surface area contributed by atoms with Gasteiger partial charge in [-0.25, -0.2) is 9.50 Å². The van der Waals surface area contributed by atoms with E-state index in [9.17, 15) is 22.8 Å². The fraction of sp³-hybridized carbons (Fsp3) is 0.227. The zero-order chi connectivity index (χ0) is 24.7. The van der Waals surface area contributed by atoms with Crippen LogP contribution < -0.4 is 10.1 Å². The van der Waals surface area contributed by atoms with Gasteiger partial charge in [0.15, 0.2) is 0 Å². The summed E-state index contributed by atoms with van der Waals surface area (Å²) in [5, 5.41) is 8.31. The van der Waals surface area contributed by atoms with Gasteiger partial charge < -0.3 is 15.0 Å². The van der Waals surface area contributed by atoms with Crippen LogP contribution in [0.25, 0.3) is 5.52 Å². The number of nitrogens with zero attached hydrogens (tertiary/aromatic N) is 5. The molecular weight excluding hydrogens is 485 g/mol. The molecule has 0 fully saturated rings. The Morgan fingerprint density at radius 3 is 2.80 bits per heavy atom. The van der Waals surface area contributed by atoms with Gasteiger partial charge in [0, 0.05) is 29.2 Å². The third-order valence-electron chi connectivity index (χ3n) is 5.64. The van der Waals surface area contributed by atoms with Crippen LogP contribution in [0.5, 0.6) is 5.88 Å². The van der Waals surface area contributed by atoms with E-state index in [1.54, 1.807) is 33.4 Å². The molecule has 35 heavy (non-hydrogen) atoms. The maximum Gasteiger partial charge on any atom is 0.421 e. The number of pyridine rings is 1. The van der Waals surface area contributed by atoms with Crippen molar-refractivity contribution < 1.29 is 27.5 Å². The summed E-state index contributed by atoms with van der Waals surface area (Å²) in [6.07, 6.45) is 3.15. The number of halogens is 3. The summed E-state index contributed by atoms with van der Waals surface area (Å²) in [5.41, 5.74) is 0.987. The first kappa shape index (κ1) is 22.8. The van der Waals surface area contributed by atoms with Crippen molar-refractivity contribution in [3.8, 4) is 5.88 Å². The molecule has 0 atom stereocenters. The first-order valence-corrected chi connectivity index (χ1v) is 11.2. The van der Waals surface area contributed by atoms with Crippen molar-refractivity contribution in [2.45, 2.75) is 19.1 Å². The van der Waals surface area contributed by atoms with E-state index in [4.69, 9.17) is 0 Å². The zero-order valence-electron chi connectivity index (χ0n) is 18.2. The number of fused-ring (bicyclic) bond motifs is 2. The molecule has 0 aliphatic carbocycles. The number of alkyl halides is 3. The fourth-order valence-corrected chi connectivity index (χ4v) is 5.04. The van der Waals surface area contributed by atoms with Crippen LogP contribution in [0.1, 0.15) is 36.7 Å². The maximum absolute atomic E-state index is 13.3. The van der Waals surface area contributed by atoms with Crippen molar-refractivity contribution in [1.29, 1.82) is 0 Å². The zero-order valence-corrected chi connectivity index (χ0v) is 19.0. The lowest BCUT2D eigenvalue weighted by molar-refractivity contribution is -0.139. The molecule has 0 saturated carbocycles. The molecular formula is C22H17F3N6O3S. The van der Waals surface area contributed by atoms with Crippen molar-refractivity contribution >= 4 is 34.4 Å². The molecule has 13 heteroatoms. The molecule has 4 aromatic rings. The topological polar surface area (TPSA) is 102 Å². The molecule has 5 heterocycles. The van der Waals surface area contributed by atoms with Crippen LogP contribution in [-0.4, -0.2) is 50.0 Å². The van der Waals surface area contributed by atoms with Gasteiger partial charge in [0.25, 0.3) is 11.8 Å². The van der Waals surface area contributed by atoms with E-state index in [0.29, 0.717) is 36.2 Å². The lowest BCUT2D eigenvalue weighted by Gasteiger charge is -2.27. The minimum Gasteiger partial charge on any atom is -0.481 e. The Morgan fingerprint density at radius 2 is 2.03 bits per heavy atom. The molecule has 0 radical (unpaired) electrons. The second-order valence-electron chi connectivity index (χ2n) is 7.72. The van der Waals surface area contributed by atoms with Crippen molar-refractivity contribution in [2.24, 2.45) is 0 Å². The summed E-state index contributed by atoms with van der Waals surface area (Å²) >= 11 is 1.32. The summed E-state index contributed by atoms with van der Waals surface area (Å²) in [6.45, 7) is 0.689. The maximum atomic E-state index is 13.3. The monoisotopic (exact) mass is 502 g/mol. The highest BCUT2D eigenvalue weighted by molar-refractivity contribution is 7.10. The van der Waals surface area contributed by atoms with Gasteiger partial charge in [-0.15, -0.1) is 11.3 Å². The molecule has 180 valence electrons. The Kier molecular flexibility index (Phi) is 5.63. The van der Waals surface area contributed by atoms with E-state index < -0.39 is 23.5 Å². The fourth-order valence-electron chi connectivity index (χ4n) is 3.95. The first-order valence-electron chi connectivity index (χ1n) is 10.3. The van der Waals surface area contributed by atoms with Crippen LogP contribution in [0.4, 0.5) is 18.9 Å². The number of ether oxygens (including phenoxy) is 1. The standard InChI is InChI=1S/C22H17F3N6O3S/c1-34-20-16(22(23,24)25)6-12(7-27-20)29-19(32)15-11-35-18-10-30(4-2-13(15)18)21(33)14-8-28-31-5-3-26-9-17(14)31/h3,5-9,11H,2,4,10H2,1H3,(H,29,32). The Bertz CT molecular complexity index is 1450. The molecule has 0 spiro atoms. The van der Waals surface area contributed by atoms with Gasteiger partial charge in [-0.05, 0) is 18.1 Å². The van der Waals surface area contributed by atoms with E-state index in [1.165, 1.54) is 17.5 Å². The minimum absolute atomic E-state index is 0.0996. The van der Waals surface area contributed by atoms with E-state index in [0.717, 1.165) is 29.8 Å². The number of hydrogen-bond acceptors (Lipinski definition) is 7. The first-order chi connectivity index (χ1) is 16.8.